The Morgan fingerprint density at radius 1 is 0.833 bits per heavy atom. The molecule has 0 radical (unpaired) electrons. The summed E-state index contributed by atoms with van der Waals surface area (Å²) in [6.07, 6.45) is 3.37. The van der Waals surface area contributed by atoms with Crippen LogP contribution in [0.25, 0.3) is 0 Å². The van der Waals surface area contributed by atoms with Crippen molar-refractivity contribution in [1.29, 1.82) is 0 Å². The number of carboxylic acids is 2. The third-order valence-electron chi connectivity index (χ3n) is 1.49. The molecule has 2 unspecified atom stereocenters. The van der Waals surface area contributed by atoms with Gasteiger partial charge in [0.2, 0.25) is 0 Å². The number of carboxylic acid groups (broad SMARTS) is 2. The molecular weight excluding hydrogens is 240 g/mol. The van der Waals surface area contributed by atoms with Crippen molar-refractivity contribution in [2.45, 2.75) is 65.6 Å². The summed E-state index contributed by atoms with van der Waals surface area (Å²) in [6.45, 7) is 5.75. The molecule has 0 saturated carbocycles. The van der Waals surface area contributed by atoms with Gasteiger partial charge in [-0.1, -0.05) is 12.8 Å². The van der Waals surface area contributed by atoms with E-state index in [2.05, 4.69) is 0 Å². The summed E-state index contributed by atoms with van der Waals surface area (Å²) >= 11 is 0. The van der Waals surface area contributed by atoms with Crippen molar-refractivity contribution < 1.29 is 30.0 Å². The van der Waals surface area contributed by atoms with E-state index in [4.69, 9.17) is 30.0 Å². The lowest BCUT2D eigenvalue weighted by Gasteiger charge is -2.04. The maximum absolute atomic E-state index is 9.00. The number of aliphatic hydroxyl groups is 2. The number of aliphatic hydroxyl groups excluding tert-OH is 2. The van der Waals surface area contributed by atoms with Crippen molar-refractivity contribution in [3.05, 3.63) is 0 Å². The predicted octanol–water partition coefficient (Wildman–Crippen LogP) is 1.49. The summed E-state index contributed by atoms with van der Waals surface area (Å²) < 4.78 is 0. The molecule has 0 spiro atoms. The minimum atomic E-state index is -0.833. The Hall–Kier alpha value is -1.14. The quantitative estimate of drug-likeness (QED) is 0.560. The van der Waals surface area contributed by atoms with Crippen molar-refractivity contribution >= 4 is 11.9 Å². The molecule has 0 aliphatic rings. The summed E-state index contributed by atoms with van der Waals surface area (Å²) in [5, 5.41) is 32.5. The first-order chi connectivity index (χ1) is 8.09. The number of unbranched alkanes of at least 4 members (excludes halogenated alkanes) is 1. The van der Waals surface area contributed by atoms with Gasteiger partial charge in [0.15, 0.2) is 0 Å². The minimum Gasteiger partial charge on any atom is -0.481 e. The number of hydrogen-bond donors (Lipinski definition) is 4. The molecule has 0 aromatic rings. The fourth-order valence-electron chi connectivity index (χ4n) is 0.879. The zero-order chi connectivity index (χ0) is 15.1. The van der Waals surface area contributed by atoms with E-state index in [1.165, 1.54) is 0 Å². The van der Waals surface area contributed by atoms with Gasteiger partial charge in [-0.25, -0.2) is 0 Å². The molecule has 0 aliphatic heterocycles. The van der Waals surface area contributed by atoms with Gasteiger partial charge in [-0.05, 0) is 26.7 Å². The van der Waals surface area contributed by atoms with Gasteiger partial charge < -0.3 is 20.4 Å². The van der Waals surface area contributed by atoms with Crippen LogP contribution >= 0.6 is 0 Å². The largest absolute Gasteiger partial charge is 0.481 e. The van der Waals surface area contributed by atoms with Gasteiger partial charge in [0.25, 0.3) is 11.9 Å². The molecular formula is C12H26O6. The van der Waals surface area contributed by atoms with Gasteiger partial charge in [-0.15, -0.1) is 0 Å². The molecule has 0 fully saturated rings. The highest BCUT2D eigenvalue weighted by molar-refractivity contribution is 5.63. The fraction of sp³-hybridized carbons (Fsp3) is 0.833. The van der Waals surface area contributed by atoms with Crippen LogP contribution in [0.15, 0.2) is 0 Å². The molecule has 0 heterocycles. The average molecular weight is 266 g/mol. The molecule has 0 amide bonds. The van der Waals surface area contributed by atoms with E-state index < -0.39 is 11.9 Å². The summed E-state index contributed by atoms with van der Waals surface area (Å²) in [6, 6.07) is 0. The second-order valence-electron chi connectivity index (χ2n) is 4.02. The number of hydrogen-bond acceptors (Lipinski definition) is 4. The van der Waals surface area contributed by atoms with Crippen molar-refractivity contribution in [2.24, 2.45) is 0 Å². The lowest BCUT2D eigenvalue weighted by atomic mass is 10.1. The zero-order valence-corrected chi connectivity index (χ0v) is 11.6. The van der Waals surface area contributed by atoms with Crippen molar-refractivity contribution in [3.63, 3.8) is 0 Å². The first-order valence-corrected chi connectivity index (χ1v) is 5.84. The zero-order valence-electron chi connectivity index (χ0n) is 11.6. The van der Waals surface area contributed by atoms with Crippen LogP contribution in [-0.2, 0) is 9.59 Å². The van der Waals surface area contributed by atoms with E-state index in [-0.39, 0.29) is 12.2 Å². The summed E-state index contributed by atoms with van der Waals surface area (Å²) in [4.78, 5) is 18.0. The molecule has 6 heteroatoms. The highest BCUT2D eigenvalue weighted by Crippen LogP contribution is 2.04. The third kappa shape index (κ3) is 83.1. The molecule has 110 valence electrons. The highest BCUT2D eigenvalue weighted by Gasteiger charge is 1.97. The average Bonchev–Trinajstić information content (AvgIpc) is 2.09. The second-order valence-corrected chi connectivity index (χ2v) is 4.02. The van der Waals surface area contributed by atoms with Crippen LogP contribution in [0.3, 0.4) is 0 Å². The SMILES string of the molecule is CC(=O)O.CC(=O)O.CC(O)CCCCC(C)O. The highest BCUT2D eigenvalue weighted by atomic mass is 16.4. The number of aliphatic carboxylic acids is 2. The minimum absolute atomic E-state index is 0.186. The monoisotopic (exact) mass is 266 g/mol. The predicted molar refractivity (Wildman–Crippen MR) is 68.4 cm³/mol. The van der Waals surface area contributed by atoms with E-state index in [9.17, 15) is 0 Å². The maximum atomic E-state index is 9.00. The Balaban J connectivity index is -0.000000233. The summed E-state index contributed by atoms with van der Waals surface area (Å²) in [7, 11) is 0. The van der Waals surface area contributed by atoms with Gasteiger partial charge in [0.05, 0.1) is 12.2 Å². The standard InChI is InChI=1S/C8H18O2.2C2H4O2/c1-7(9)5-3-4-6-8(2)10;2*1-2(3)4/h7-10H,3-6H2,1-2H3;2*1H3,(H,3,4). The van der Waals surface area contributed by atoms with E-state index in [1.54, 1.807) is 13.8 Å². The van der Waals surface area contributed by atoms with E-state index in [0.717, 1.165) is 39.5 Å². The Labute approximate surface area is 108 Å². The van der Waals surface area contributed by atoms with Crippen LogP contribution in [-0.4, -0.2) is 44.6 Å². The topological polar surface area (TPSA) is 115 Å². The summed E-state index contributed by atoms with van der Waals surface area (Å²) in [5.41, 5.74) is 0. The van der Waals surface area contributed by atoms with Gasteiger partial charge >= 0.3 is 0 Å². The molecule has 0 aromatic carbocycles. The lowest BCUT2D eigenvalue weighted by molar-refractivity contribution is -0.135. The Morgan fingerprint density at radius 2 is 1.00 bits per heavy atom. The van der Waals surface area contributed by atoms with Gasteiger partial charge in [-0.2, -0.15) is 0 Å². The molecule has 0 aromatic heterocycles. The second kappa shape index (κ2) is 15.9. The van der Waals surface area contributed by atoms with E-state index >= 15 is 0 Å². The lowest BCUT2D eigenvalue weighted by Crippen LogP contribution is -2.02. The van der Waals surface area contributed by atoms with Crippen LogP contribution in [0, 0.1) is 0 Å². The molecule has 0 rings (SSSR count). The Bertz CT molecular complexity index is 171. The molecule has 18 heavy (non-hydrogen) atoms. The Morgan fingerprint density at radius 3 is 1.11 bits per heavy atom. The van der Waals surface area contributed by atoms with Crippen molar-refractivity contribution in [3.8, 4) is 0 Å². The van der Waals surface area contributed by atoms with E-state index in [0.29, 0.717) is 0 Å². The summed E-state index contributed by atoms with van der Waals surface area (Å²) in [5.74, 6) is -1.67. The van der Waals surface area contributed by atoms with Crippen LogP contribution in [0.4, 0.5) is 0 Å². The van der Waals surface area contributed by atoms with Gasteiger partial charge in [0.1, 0.15) is 0 Å². The fourth-order valence-corrected chi connectivity index (χ4v) is 0.879. The molecule has 0 saturated heterocycles. The molecule has 4 N–H and O–H groups in total. The first kappa shape index (κ1) is 22.1. The van der Waals surface area contributed by atoms with Crippen LogP contribution in [0.2, 0.25) is 0 Å². The molecule has 2 atom stereocenters. The van der Waals surface area contributed by atoms with E-state index in [1.807, 2.05) is 0 Å². The maximum Gasteiger partial charge on any atom is 0.300 e. The normalized spacial score (nSPS) is 12.1. The van der Waals surface area contributed by atoms with Crippen molar-refractivity contribution in [1.82, 2.24) is 0 Å². The van der Waals surface area contributed by atoms with Crippen LogP contribution in [0.1, 0.15) is 53.4 Å². The Kier molecular flexibility index (Phi) is 19.5. The third-order valence-corrected chi connectivity index (χ3v) is 1.49. The smallest absolute Gasteiger partial charge is 0.300 e. The number of carbonyl (C=O) groups is 2. The van der Waals surface area contributed by atoms with Crippen LogP contribution in [0.5, 0.6) is 0 Å². The molecule has 0 bridgehead atoms. The van der Waals surface area contributed by atoms with Gasteiger partial charge in [0, 0.05) is 13.8 Å². The van der Waals surface area contributed by atoms with Gasteiger partial charge in [-0.3, -0.25) is 9.59 Å². The first-order valence-electron chi connectivity index (χ1n) is 5.84. The van der Waals surface area contributed by atoms with Crippen molar-refractivity contribution in [2.75, 3.05) is 0 Å². The molecule has 0 aliphatic carbocycles. The number of rotatable bonds is 5. The molecule has 6 nitrogen and oxygen atoms in total. The van der Waals surface area contributed by atoms with Crippen LogP contribution < -0.4 is 0 Å².